The van der Waals surface area contributed by atoms with Crippen molar-refractivity contribution in [2.24, 2.45) is 7.05 Å². The largest absolute Gasteiger partial charge is 0.386 e. The molecule has 0 atom stereocenters. The molecule has 0 saturated heterocycles. The number of benzene rings is 1. The summed E-state index contributed by atoms with van der Waals surface area (Å²) in [6.07, 6.45) is 1.88. The predicted octanol–water partition coefficient (Wildman–Crippen LogP) is 3.06. The van der Waals surface area contributed by atoms with Gasteiger partial charge in [-0.1, -0.05) is 23.7 Å². The van der Waals surface area contributed by atoms with Crippen LogP contribution in [0.2, 0.25) is 5.02 Å². The van der Waals surface area contributed by atoms with Crippen molar-refractivity contribution in [1.82, 2.24) is 4.57 Å². The maximum absolute atomic E-state index is 9.90. The number of aryl methyl sites for hydroxylation is 1. The van der Waals surface area contributed by atoms with Crippen molar-refractivity contribution in [3.05, 3.63) is 35.0 Å². The van der Waals surface area contributed by atoms with Gasteiger partial charge in [0, 0.05) is 24.1 Å². The zero-order chi connectivity index (χ0) is 11.2. The fourth-order valence-corrected chi connectivity index (χ4v) is 2.02. The Morgan fingerprint density at radius 1 is 1.33 bits per heavy atom. The second-order valence-corrected chi connectivity index (χ2v) is 4.79. The fourth-order valence-electron chi connectivity index (χ4n) is 1.72. The Bertz CT molecular complexity index is 508. The Kier molecular flexibility index (Phi) is 2.28. The molecule has 1 heterocycles. The van der Waals surface area contributed by atoms with E-state index in [0.717, 1.165) is 21.5 Å². The highest BCUT2D eigenvalue weighted by atomic mass is 35.5. The molecule has 0 amide bonds. The van der Waals surface area contributed by atoms with Gasteiger partial charge in [0.15, 0.2) is 0 Å². The van der Waals surface area contributed by atoms with E-state index in [1.807, 2.05) is 36.0 Å². The van der Waals surface area contributed by atoms with Crippen LogP contribution in [0.3, 0.4) is 0 Å². The molecule has 0 aliphatic carbocycles. The molecule has 2 nitrogen and oxygen atoms in total. The molecule has 0 fully saturated rings. The third-order valence-electron chi connectivity index (χ3n) is 2.65. The van der Waals surface area contributed by atoms with Crippen LogP contribution in [-0.2, 0) is 12.6 Å². The topological polar surface area (TPSA) is 25.2 Å². The Hall–Kier alpha value is -0.990. The van der Waals surface area contributed by atoms with E-state index in [-0.39, 0.29) is 0 Å². The van der Waals surface area contributed by atoms with E-state index in [4.69, 9.17) is 11.6 Å². The first-order valence-electron chi connectivity index (χ1n) is 4.87. The molecule has 1 N–H and O–H groups in total. The molecule has 0 aliphatic rings. The SMILES string of the molecule is Cn1cc(Cl)c2ccc(C(C)(C)O)cc21. The van der Waals surface area contributed by atoms with Crippen molar-refractivity contribution < 1.29 is 5.11 Å². The standard InChI is InChI=1S/C12H14ClNO/c1-12(2,15)8-4-5-9-10(13)7-14(3)11(9)6-8/h4-7,15H,1-3H3. The van der Waals surface area contributed by atoms with Gasteiger partial charge in [-0.3, -0.25) is 0 Å². The van der Waals surface area contributed by atoms with E-state index >= 15 is 0 Å². The third-order valence-corrected chi connectivity index (χ3v) is 2.95. The second kappa shape index (κ2) is 3.26. The number of aromatic nitrogens is 1. The van der Waals surface area contributed by atoms with Crippen LogP contribution in [-0.4, -0.2) is 9.67 Å². The smallest absolute Gasteiger partial charge is 0.0841 e. The molecule has 0 spiro atoms. The van der Waals surface area contributed by atoms with Gasteiger partial charge in [-0.15, -0.1) is 0 Å². The molecule has 0 unspecified atom stereocenters. The minimum Gasteiger partial charge on any atom is -0.386 e. The molecular formula is C12H14ClNO. The first-order valence-corrected chi connectivity index (χ1v) is 5.25. The highest BCUT2D eigenvalue weighted by Gasteiger charge is 2.17. The summed E-state index contributed by atoms with van der Waals surface area (Å²) in [5, 5.41) is 11.7. The van der Waals surface area contributed by atoms with Crippen LogP contribution < -0.4 is 0 Å². The van der Waals surface area contributed by atoms with Gasteiger partial charge < -0.3 is 9.67 Å². The second-order valence-electron chi connectivity index (χ2n) is 4.38. The lowest BCUT2D eigenvalue weighted by atomic mass is 9.97. The molecule has 2 aromatic rings. The number of fused-ring (bicyclic) bond motifs is 1. The number of halogens is 1. The van der Waals surface area contributed by atoms with Gasteiger partial charge >= 0.3 is 0 Å². The summed E-state index contributed by atoms with van der Waals surface area (Å²) in [5.74, 6) is 0. The van der Waals surface area contributed by atoms with Crippen molar-refractivity contribution >= 4 is 22.5 Å². The number of rotatable bonds is 1. The maximum atomic E-state index is 9.90. The van der Waals surface area contributed by atoms with Crippen LogP contribution in [0.1, 0.15) is 19.4 Å². The molecule has 1 aromatic carbocycles. The van der Waals surface area contributed by atoms with Gasteiger partial charge in [0.25, 0.3) is 0 Å². The lowest BCUT2D eigenvalue weighted by Crippen LogP contribution is -2.15. The summed E-state index contributed by atoms with van der Waals surface area (Å²) in [6, 6.07) is 5.83. The van der Waals surface area contributed by atoms with E-state index < -0.39 is 5.60 Å². The Labute approximate surface area is 94.1 Å². The highest BCUT2D eigenvalue weighted by Crippen LogP contribution is 2.29. The van der Waals surface area contributed by atoms with Gasteiger partial charge in [-0.25, -0.2) is 0 Å². The van der Waals surface area contributed by atoms with Crippen LogP contribution in [0.5, 0.6) is 0 Å². The zero-order valence-electron chi connectivity index (χ0n) is 9.08. The Morgan fingerprint density at radius 2 is 2.00 bits per heavy atom. The summed E-state index contributed by atoms with van der Waals surface area (Å²) in [4.78, 5) is 0. The van der Waals surface area contributed by atoms with E-state index in [1.54, 1.807) is 13.8 Å². The first-order chi connectivity index (χ1) is 6.89. The van der Waals surface area contributed by atoms with Crippen LogP contribution >= 0.6 is 11.6 Å². The maximum Gasteiger partial charge on any atom is 0.0841 e. The van der Waals surface area contributed by atoms with Crippen LogP contribution in [0.4, 0.5) is 0 Å². The molecule has 0 radical (unpaired) electrons. The van der Waals surface area contributed by atoms with Crippen molar-refractivity contribution in [3.63, 3.8) is 0 Å². The molecule has 1 aromatic heterocycles. The molecular weight excluding hydrogens is 210 g/mol. The van der Waals surface area contributed by atoms with Crippen molar-refractivity contribution in [1.29, 1.82) is 0 Å². The Morgan fingerprint density at radius 3 is 2.60 bits per heavy atom. The Balaban J connectivity index is 2.71. The monoisotopic (exact) mass is 223 g/mol. The molecule has 80 valence electrons. The molecule has 2 rings (SSSR count). The molecule has 0 bridgehead atoms. The zero-order valence-corrected chi connectivity index (χ0v) is 9.84. The molecule has 0 aliphatic heterocycles. The summed E-state index contributed by atoms with van der Waals surface area (Å²) in [6.45, 7) is 3.55. The lowest BCUT2D eigenvalue weighted by Gasteiger charge is -2.17. The normalized spacial score (nSPS) is 12.3. The molecule has 15 heavy (non-hydrogen) atoms. The number of aliphatic hydroxyl groups is 1. The average Bonchev–Trinajstić information content (AvgIpc) is 2.41. The van der Waals surface area contributed by atoms with Gasteiger partial charge in [-0.05, 0) is 25.5 Å². The van der Waals surface area contributed by atoms with Gasteiger partial charge in [0.1, 0.15) is 0 Å². The average molecular weight is 224 g/mol. The molecule has 0 saturated carbocycles. The number of hydrogen-bond acceptors (Lipinski definition) is 1. The van der Waals surface area contributed by atoms with Crippen LogP contribution in [0.25, 0.3) is 10.9 Å². The van der Waals surface area contributed by atoms with E-state index in [9.17, 15) is 5.11 Å². The molecule has 3 heteroatoms. The lowest BCUT2D eigenvalue weighted by molar-refractivity contribution is 0.0787. The predicted molar refractivity (Wildman–Crippen MR) is 63.2 cm³/mol. The number of nitrogens with zero attached hydrogens (tertiary/aromatic N) is 1. The summed E-state index contributed by atoms with van der Waals surface area (Å²) >= 11 is 6.06. The van der Waals surface area contributed by atoms with Gasteiger partial charge in [-0.2, -0.15) is 0 Å². The van der Waals surface area contributed by atoms with Crippen LogP contribution in [0, 0.1) is 0 Å². The van der Waals surface area contributed by atoms with E-state index in [2.05, 4.69) is 0 Å². The van der Waals surface area contributed by atoms with Crippen molar-refractivity contribution in [2.75, 3.05) is 0 Å². The minimum atomic E-state index is -0.815. The van der Waals surface area contributed by atoms with E-state index in [1.165, 1.54) is 0 Å². The first kappa shape index (κ1) is 10.5. The third kappa shape index (κ3) is 1.75. The highest BCUT2D eigenvalue weighted by molar-refractivity contribution is 6.35. The van der Waals surface area contributed by atoms with Gasteiger partial charge in [0.2, 0.25) is 0 Å². The summed E-state index contributed by atoms with van der Waals surface area (Å²) < 4.78 is 1.97. The summed E-state index contributed by atoms with van der Waals surface area (Å²) in [7, 11) is 1.95. The summed E-state index contributed by atoms with van der Waals surface area (Å²) in [5.41, 5.74) is 1.12. The number of hydrogen-bond donors (Lipinski definition) is 1. The quantitative estimate of drug-likeness (QED) is 0.790. The van der Waals surface area contributed by atoms with Gasteiger partial charge in [0.05, 0.1) is 10.6 Å². The van der Waals surface area contributed by atoms with E-state index in [0.29, 0.717) is 0 Å². The minimum absolute atomic E-state index is 0.745. The van der Waals surface area contributed by atoms with Crippen molar-refractivity contribution in [2.45, 2.75) is 19.4 Å². The van der Waals surface area contributed by atoms with Crippen LogP contribution in [0.15, 0.2) is 24.4 Å². The fraction of sp³-hybridized carbons (Fsp3) is 0.333. The van der Waals surface area contributed by atoms with Crippen molar-refractivity contribution in [3.8, 4) is 0 Å².